The normalized spacial score (nSPS) is 10.7. The minimum absolute atomic E-state index is 0.0415. The van der Waals surface area contributed by atoms with E-state index in [2.05, 4.69) is 15.0 Å². The summed E-state index contributed by atoms with van der Waals surface area (Å²) in [5.74, 6) is -1.20. The van der Waals surface area contributed by atoms with Crippen LogP contribution in [0.5, 0.6) is 5.75 Å². The standard InChI is InChI=1S/C22H15F2N3O3/c23-16-7-4-8-17(24)21(16)18-13-25-19(30-18)9-10-20(28)29-15-11-26-22(27-12-15)14-5-2-1-3-6-14/h1-8,11-13H,9-10H2. The van der Waals surface area contributed by atoms with Crippen LogP contribution in [0.3, 0.4) is 0 Å². The molecule has 0 radical (unpaired) electrons. The van der Waals surface area contributed by atoms with Crippen LogP contribution >= 0.6 is 0 Å². The van der Waals surface area contributed by atoms with Gasteiger partial charge in [-0.2, -0.15) is 0 Å². The highest BCUT2D eigenvalue weighted by atomic mass is 19.1. The SMILES string of the molecule is O=C(CCc1ncc(-c2c(F)cccc2F)o1)Oc1cnc(-c2ccccc2)nc1. The minimum Gasteiger partial charge on any atom is -0.441 e. The van der Waals surface area contributed by atoms with Crippen LogP contribution in [0.15, 0.2) is 71.5 Å². The molecule has 0 aliphatic rings. The van der Waals surface area contributed by atoms with Gasteiger partial charge in [-0.15, -0.1) is 0 Å². The fourth-order valence-electron chi connectivity index (χ4n) is 2.77. The van der Waals surface area contributed by atoms with E-state index in [1.807, 2.05) is 30.3 Å². The third-order valence-electron chi connectivity index (χ3n) is 4.20. The molecule has 0 atom stereocenters. The summed E-state index contributed by atoms with van der Waals surface area (Å²) in [5, 5.41) is 0. The van der Waals surface area contributed by atoms with Crippen LogP contribution in [0.1, 0.15) is 12.3 Å². The van der Waals surface area contributed by atoms with Crippen molar-refractivity contribution in [2.45, 2.75) is 12.8 Å². The summed E-state index contributed by atoms with van der Waals surface area (Å²) in [6, 6.07) is 12.9. The van der Waals surface area contributed by atoms with E-state index in [1.165, 1.54) is 24.7 Å². The average Bonchev–Trinajstić information content (AvgIpc) is 3.22. The summed E-state index contributed by atoms with van der Waals surface area (Å²) in [5.41, 5.74) is 0.552. The highest BCUT2D eigenvalue weighted by Crippen LogP contribution is 2.27. The zero-order valence-electron chi connectivity index (χ0n) is 15.6. The second-order valence-electron chi connectivity index (χ2n) is 6.30. The Morgan fingerprint density at radius 3 is 2.30 bits per heavy atom. The number of rotatable bonds is 6. The van der Waals surface area contributed by atoms with E-state index in [1.54, 1.807) is 0 Å². The van der Waals surface area contributed by atoms with Gasteiger partial charge in [0.1, 0.15) is 11.6 Å². The van der Waals surface area contributed by atoms with Gasteiger partial charge in [0.2, 0.25) is 0 Å². The first-order valence-electron chi connectivity index (χ1n) is 9.07. The topological polar surface area (TPSA) is 78.1 Å². The molecule has 0 saturated heterocycles. The fourth-order valence-corrected chi connectivity index (χ4v) is 2.77. The van der Waals surface area contributed by atoms with Gasteiger partial charge in [0, 0.05) is 12.0 Å². The summed E-state index contributed by atoms with van der Waals surface area (Å²) in [4.78, 5) is 24.4. The Bertz CT molecular complexity index is 1140. The third-order valence-corrected chi connectivity index (χ3v) is 4.20. The number of nitrogens with zero attached hydrogens (tertiary/aromatic N) is 3. The van der Waals surface area contributed by atoms with Crippen LogP contribution in [0.2, 0.25) is 0 Å². The summed E-state index contributed by atoms with van der Waals surface area (Å²) in [7, 11) is 0. The van der Waals surface area contributed by atoms with Crippen molar-refractivity contribution in [1.82, 2.24) is 15.0 Å². The third kappa shape index (κ3) is 4.38. The van der Waals surface area contributed by atoms with E-state index in [9.17, 15) is 13.6 Å². The number of aryl methyl sites for hydroxylation is 1. The van der Waals surface area contributed by atoms with E-state index in [0.717, 1.165) is 17.7 Å². The molecular formula is C22H15F2N3O3. The lowest BCUT2D eigenvalue weighted by molar-refractivity contribution is -0.134. The van der Waals surface area contributed by atoms with E-state index in [4.69, 9.17) is 9.15 Å². The molecule has 2 aromatic carbocycles. The number of oxazole rings is 1. The van der Waals surface area contributed by atoms with E-state index in [-0.39, 0.29) is 35.8 Å². The maximum atomic E-state index is 13.8. The number of halogens is 2. The predicted octanol–water partition coefficient (Wildman–Crippen LogP) is 4.62. The molecule has 0 saturated carbocycles. The van der Waals surface area contributed by atoms with Gasteiger partial charge in [-0.25, -0.2) is 23.7 Å². The van der Waals surface area contributed by atoms with Gasteiger partial charge in [0.05, 0.1) is 30.6 Å². The number of aromatic nitrogens is 3. The van der Waals surface area contributed by atoms with Crippen LogP contribution in [0.25, 0.3) is 22.7 Å². The molecule has 6 nitrogen and oxygen atoms in total. The van der Waals surface area contributed by atoms with Crippen molar-refractivity contribution in [3.8, 4) is 28.5 Å². The molecule has 0 unspecified atom stereocenters. The van der Waals surface area contributed by atoms with Gasteiger partial charge < -0.3 is 9.15 Å². The first-order chi connectivity index (χ1) is 14.6. The Morgan fingerprint density at radius 1 is 0.900 bits per heavy atom. The smallest absolute Gasteiger partial charge is 0.311 e. The number of benzene rings is 2. The number of esters is 1. The number of hydrogen-bond donors (Lipinski definition) is 0. The average molecular weight is 407 g/mol. The molecule has 0 aliphatic heterocycles. The molecule has 4 aromatic rings. The van der Waals surface area contributed by atoms with E-state index in [0.29, 0.717) is 5.82 Å². The molecule has 0 spiro atoms. The van der Waals surface area contributed by atoms with Crippen molar-refractivity contribution in [3.63, 3.8) is 0 Å². The minimum atomic E-state index is -0.754. The molecule has 30 heavy (non-hydrogen) atoms. The lowest BCUT2D eigenvalue weighted by Crippen LogP contribution is -2.09. The maximum Gasteiger partial charge on any atom is 0.311 e. The van der Waals surface area contributed by atoms with Crippen molar-refractivity contribution < 1.29 is 22.7 Å². The van der Waals surface area contributed by atoms with Gasteiger partial charge in [-0.1, -0.05) is 36.4 Å². The second-order valence-corrected chi connectivity index (χ2v) is 6.30. The summed E-state index contributed by atoms with van der Waals surface area (Å²) in [6.07, 6.45) is 4.12. The zero-order chi connectivity index (χ0) is 20.9. The van der Waals surface area contributed by atoms with Gasteiger partial charge in [0.25, 0.3) is 0 Å². The Labute approximate surface area is 170 Å². The highest BCUT2D eigenvalue weighted by Gasteiger charge is 2.16. The molecule has 0 aliphatic carbocycles. The maximum absolute atomic E-state index is 13.8. The zero-order valence-corrected chi connectivity index (χ0v) is 15.6. The summed E-state index contributed by atoms with van der Waals surface area (Å²) >= 11 is 0. The summed E-state index contributed by atoms with van der Waals surface area (Å²) < 4.78 is 38.2. The number of ether oxygens (including phenoxy) is 1. The van der Waals surface area contributed by atoms with E-state index < -0.39 is 17.6 Å². The quantitative estimate of drug-likeness (QED) is 0.434. The molecule has 0 amide bonds. The van der Waals surface area contributed by atoms with Crippen LogP contribution in [-0.4, -0.2) is 20.9 Å². The van der Waals surface area contributed by atoms with Crippen molar-refractivity contribution in [2.24, 2.45) is 0 Å². The highest BCUT2D eigenvalue weighted by molar-refractivity contribution is 5.72. The Morgan fingerprint density at radius 2 is 1.60 bits per heavy atom. The molecule has 2 aromatic heterocycles. The second kappa shape index (κ2) is 8.60. The van der Waals surface area contributed by atoms with Crippen molar-refractivity contribution in [3.05, 3.63) is 84.6 Å². The number of carbonyl (C=O) groups is 1. The van der Waals surface area contributed by atoms with Crippen LogP contribution in [-0.2, 0) is 11.2 Å². The first-order valence-corrected chi connectivity index (χ1v) is 9.07. The van der Waals surface area contributed by atoms with Gasteiger partial charge in [-0.05, 0) is 12.1 Å². The van der Waals surface area contributed by atoms with Crippen molar-refractivity contribution in [1.29, 1.82) is 0 Å². The monoisotopic (exact) mass is 407 g/mol. The van der Waals surface area contributed by atoms with Gasteiger partial charge in [-0.3, -0.25) is 4.79 Å². The molecule has 0 bridgehead atoms. The van der Waals surface area contributed by atoms with Crippen molar-refractivity contribution in [2.75, 3.05) is 0 Å². The molecule has 4 rings (SSSR count). The van der Waals surface area contributed by atoms with Crippen molar-refractivity contribution >= 4 is 5.97 Å². The Kier molecular flexibility index (Phi) is 5.56. The molecule has 8 heteroatoms. The summed E-state index contributed by atoms with van der Waals surface area (Å²) in [6.45, 7) is 0. The Hall–Kier alpha value is -3.94. The molecular weight excluding hydrogens is 392 g/mol. The molecule has 0 N–H and O–H groups in total. The number of carbonyl (C=O) groups excluding carboxylic acids is 1. The Balaban J connectivity index is 1.35. The molecule has 2 heterocycles. The van der Waals surface area contributed by atoms with Gasteiger partial charge in [0.15, 0.2) is 23.2 Å². The van der Waals surface area contributed by atoms with E-state index >= 15 is 0 Å². The van der Waals surface area contributed by atoms with Crippen LogP contribution in [0, 0.1) is 11.6 Å². The molecule has 150 valence electrons. The van der Waals surface area contributed by atoms with Crippen LogP contribution < -0.4 is 4.74 Å². The fraction of sp³-hybridized carbons (Fsp3) is 0.0909. The predicted molar refractivity (Wildman–Crippen MR) is 103 cm³/mol. The largest absolute Gasteiger partial charge is 0.441 e. The first kappa shape index (κ1) is 19.4. The lowest BCUT2D eigenvalue weighted by atomic mass is 10.1. The van der Waals surface area contributed by atoms with Gasteiger partial charge >= 0.3 is 5.97 Å². The molecule has 0 fully saturated rings. The number of hydrogen-bond acceptors (Lipinski definition) is 6. The lowest BCUT2D eigenvalue weighted by Gasteiger charge is -2.04. The van der Waals surface area contributed by atoms with Crippen LogP contribution in [0.4, 0.5) is 8.78 Å².